The van der Waals surface area contributed by atoms with Crippen LogP contribution in [0.1, 0.15) is 24.2 Å². The van der Waals surface area contributed by atoms with Crippen molar-refractivity contribution in [1.82, 2.24) is 8.96 Å². The van der Waals surface area contributed by atoms with Crippen LogP contribution in [0.4, 0.5) is 20.4 Å². The zero-order valence-corrected chi connectivity index (χ0v) is 15.2. The smallest absolute Gasteiger partial charge is 0.258 e. The van der Waals surface area contributed by atoms with Crippen molar-refractivity contribution in [2.45, 2.75) is 19.1 Å². The normalized spacial score (nSPS) is 11.9. The fourth-order valence-corrected chi connectivity index (χ4v) is 3.65. The Morgan fingerprint density at radius 3 is 2.59 bits per heavy atom. The minimum atomic E-state index is -3.79. The van der Waals surface area contributed by atoms with E-state index >= 15 is 0 Å². The minimum absolute atomic E-state index is 0.165. The molecule has 3 aromatic rings. The van der Waals surface area contributed by atoms with E-state index in [2.05, 4.69) is 10.3 Å². The summed E-state index contributed by atoms with van der Waals surface area (Å²) in [4.78, 5) is 16.2. The second-order valence-corrected chi connectivity index (χ2v) is 8.43. The van der Waals surface area contributed by atoms with E-state index in [1.807, 2.05) is 0 Å². The first kappa shape index (κ1) is 18.8. The number of carbonyl (C=O) groups is 1. The summed E-state index contributed by atoms with van der Waals surface area (Å²) in [6.45, 7) is 3.00. The maximum absolute atomic E-state index is 13.8. The summed E-state index contributed by atoms with van der Waals surface area (Å²) in [5, 5.41) is 1.66. The van der Waals surface area contributed by atoms with E-state index < -0.39 is 38.4 Å². The lowest BCUT2D eigenvalue weighted by atomic mass is 10.2. The molecule has 0 atom stereocenters. The van der Waals surface area contributed by atoms with Crippen molar-refractivity contribution < 1.29 is 22.0 Å². The molecule has 142 valence electrons. The van der Waals surface area contributed by atoms with Crippen LogP contribution in [0.2, 0.25) is 0 Å². The maximum atomic E-state index is 13.8. The molecule has 1 heterocycles. The Hall–Kier alpha value is -3.01. The van der Waals surface area contributed by atoms with Crippen molar-refractivity contribution >= 4 is 38.6 Å². The summed E-state index contributed by atoms with van der Waals surface area (Å²) < 4.78 is 53.0. The third-order valence-corrected chi connectivity index (χ3v) is 6.03. The first-order chi connectivity index (χ1) is 12.6. The predicted molar refractivity (Wildman–Crippen MR) is 97.9 cm³/mol. The number of nitrogens with one attached hydrogen (secondary N) is 1. The van der Waals surface area contributed by atoms with Gasteiger partial charge in [-0.25, -0.2) is 26.2 Å². The number of nitrogen functional groups attached to an aromatic ring is 1. The van der Waals surface area contributed by atoms with Crippen molar-refractivity contribution in [3.05, 3.63) is 53.6 Å². The molecule has 0 saturated heterocycles. The largest absolute Gasteiger partial charge is 0.368 e. The van der Waals surface area contributed by atoms with Gasteiger partial charge in [0.15, 0.2) is 11.6 Å². The molecule has 0 aliphatic carbocycles. The van der Waals surface area contributed by atoms with Gasteiger partial charge in [0, 0.05) is 5.69 Å². The number of imidazole rings is 1. The molecule has 0 bridgehead atoms. The Morgan fingerprint density at radius 1 is 1.22 bits per heavy atom. The number of amides is 1. The molecule has 27 heavy (non-hydrogen) atoms. The second kappa shape index (κ2) is 6.62. The number of aromatic nitrogens is 2. The zero-order valence-electron chi connectivity index (χ0n) is 14.4. The molecule has 0 radical (unpaired) electrons. The summed E-state index contributed by atoms with van der Waals surface area (Å²) in [5.74, 6) is -3.50. The van der Waals surface area contributed by atoms with E-state index in [1.54, 1.807) is 0 Å². The topological polar surface area (TPSA) is 107 Å². The van der Waals surface area contributed by atoms with E-state index in [0.29, 0.717) is 5.52 Å². The first-order valence-corrected chi connectivity index (χ1v) is 9.41. The monoisotopic (exact) mass is 394 g/mol. The van der Waals surface area contributed by atoms with Crippen LogP contribution < -0.4 is 11.1 Å². The van der Waals surface area contributed by atoms with Gasteiger partial charge < -0.3 is 11.1 Å². The zero-order chi connectivity index (χ0) is 19.9. The van der Waals surface area contributed by atoms with Crippen LogP contribution in [0.15, 0.2) is 36.4 Å². The van der Waals surface area contributed by atoms with Crippen LogP contribution >= 0.6 is 0 Å². The van der Waals surface area contributed by atoms with Crippen LogP contribution in [-0.2, 0) is 10.0 Å². The summed E-state index contributed by atoms with van der Waals surface area (Å²) in [5.41, 5.74) is 5.93. The van der Waals surface area contributed by atoms with Crippen LogP contribution in [0.3, 0.4) is 0 Å². The number of hydrogen-bond donors (Lipinski definition) is 2. The molecule has 0 aliphatic heterocycles. The molecule has 10 heteroatoms. The number of anilines is 2. The fraction of sp³-hybridized carbons (Fsp3) is 0.176. The molecule has 1 aromatic heterocycles. The number of fused-ring (bicyclic) bond motifs is 1. The van der Waals surface area contributed by atoms with Crippen molar-refractivity contribution in [2.75, 3.05) is 11.1 Å². The highest BCUT2D eigenvalue weighted by Crippen LogP contribution is 2.25. The van der Waals surface area contributed by atoms with Crippen LogP contribution in [0.25, 0.3) is 11.0 Å². The van der Waals surface area contributed by atoms with Crippen LogP contribution in [0, 0.1) is 11.6 Å². The highest BCUT2D eigenvalue weighted by Gasteiger charge is 2.25. The van der Waals surface area contributed by atoms with Gasteiger partial charge in [0.1, 0.15) is 0 Å². The highest BCUT2D eigenvalue weighted by atomic mass is 32.2. The molecule has 0 saturated carbocycles. The first-order valence-electron chi connectivity index (χ1n) is 7.90. The van der Waals surface area contributed by atoms with Gasteiger partial charge in [0.25, 0.3) is 5.91 Å². The van der Waals surface area contributed by atoms with Crippen molar-refractivity contribution in [3.63, 3.8) is 0 Å². The Morgan fingerprint density at radius 2 is 1.93 bits per heavy atom. The van der Waals surface area contributed by atoms with Gasteiger partial charge in [-0.1, -0.05) is 6.07 Å². The van der Waals surface area contributed by atoms with E-state index in [4.69, 9.17) is 5.73 Å². The molecule has 0 fully saturated rings. The Labute approximate surface area is 153 Å². The molecule has 2 aromatic carbocycles. The Kier molecular flexibility index (Phi) is 4.60. The third kappa shape index (κ3) is 3.23. The second-order valence-electron chi connectivity index (χ2n) is 6.09. The van der Waals surface area contributed by atoms with Crippen LogP contribution in [0.5, 0.6) is 0 Å². The molecular weight excluding hydrogens is 378 g/mol. The SMILES string of the molecule is CC(C)S(=O)(=O)n1c(N)nc2ccc(NC(=O)c3cccc(F)c3F)cc21. The lowest BCUT2D eigenvalue weighted by molar-refractivity contribution is 0.102. The van der Waals surface area contributed by atoms with Gasteiger partial charge in [-0.3, -0.25) is 4.79 Å². The maximum Gasteiger partial charge on any atom is 0.258 e. The van der Waals surface area contributed by atoms with Gasteiger partial charge >= 0.3 is 0 Å². The van der Waals surface area contributed by atoms with Gasteiger partial charge in [0.2, 0.25) is 16.0 Å². The lowest BCUT2D eigenvalue weighted by Crippen LogP contribution is -2.23. The van der Waals surface area contributed by atoms with E-state index in [-0.39, 0.29) is 17.2 Å². The quantitative estimate of drug-likeness (QED) is 0.708. The standard InChI is InChI=1S/C17H16F2N4O3S/c1-9(2)27(25,26)23-14-8-10(6-7-13(14)22-17(23)20)21-16(24)11-4-3-5-12(18)15(11)19/h3-9H,1-2H3,(H2,20,22)(H,21,24). The Balaban J connectivity index is 2.04. The molecule has 3 N–H and O–H groups in total. The minimum Gasteiger partial charge on any atom is -0.368 e. The molecular formula is C17H16F2N4O3S. The number of nitrogens with two attached hydrogens (primary N) is 1. The highest BCUT2D eigenvalue weighted by molar-refractivity contribution is 7.90. The third-order valence-electron chi connectivity index (χ3n) is 3.94. The molecule has 7 nitrogen and oxygen atoms in total. The summed E-state index contributed by atoms with van der Waals surface area (Å²) in [7, 11) is -3.79. The van der Waals surface area contributed by atoms with Crippen molar-refractivity contribution in [2.24, 2.45) is 0 Å². The van der Waals surface area contributed by atoms with E-state index in [0.717, 1.165) is 16.1 Å². The van der Waals surface area contributed by atoms with E-state index in [9.17, 15) is 22.0 Å². The molecule has 1 amide bonds. The number of benzene rings is 2. The Bertz CT molecular complexity index is 1160. The number of carbonyl (C=O) groups excluding carboxylic acids is 1. The fourth-order valence-electron chi connectivity index (χ4n) is 2.51. The van der Waals surface area contributed by atoms with Crippen molar-refractivity contribution in [3.8, 4) is 0 Å². The number of rotatable bonds is 4. The van der Waals surface area contributed by atoms with Crippen molar-refractivity contribution in [1.29, 1.82) is 0 Å². The van der Waals surface area contributed by atoms with Crippen LogP contribution in [-0.4, -0.2) is 28.5 Å². The summed E-state index contributed by atoms with van der Waals surface area (Å²) in [6, 6.07) is 7.52. The summed E-state index contributed by atoms with van der Waals surface area (Å²) >= 11 is 0. The van der Waals surface area contributed by atoms with Gasteiger partial charge in [-0.2, -0.15) is 0 Å². The number of hydrogen-bond acceptors (Lipinski definition) is 5. The molecule has 3 rings (SSSR count). The average molecular weight is 394 g/mol. The van der Waals surface area contributed by atoms with Gasteiger partial charge in [-0.05, 0) is 44.2 Å². The molecule has 0 spiro atoms. The van der Waals surface area contributed by atoms with Gasteiger partial charge in [-0.15, -0.1) is 0 Å². The lowest BCUT2D eigenvalue weighted by Gasteiger charge is -2.12. The molecule has 0 unspecified atom stereocenters. The van der Waals surface area contributed by atoms with E-state index in [1.165, 1.54) is 38.1 Å². The van der Waals surface area contributed by atoms with Gasteiger partial charge in [0.05, 0.1) is 21.8 Å². The predicted octanol–water partition coefficient (Wildman–Crippen LogP) is 2.74. The summed E-state index contributed by atoms with van der Waals surface area (Å²) in [6.07, 6.45) is 0. The average Bonchev–Trinajstić information content (AvgIpc) is 2.92. The number of halogens is 2. The molecule has 0 aliphatic rings. The number of nitrogens with zero attached hydrogens (tertiary/aromatic N) is 2.